The Bertz CT molecular complexity index is 985. The number of fused-ring (bicyclic) bond motifs is 1. The van der Waals surface area contributed by atoms with E-state index in [0.29, 0.717) is 46.7 Å². The second-order valence-electron chi connectivity index (χ2n) is 9.04. The molecule has 3 aliphatic rings. The summed E-state index contributed by atoms with van der Waals surface area (Å²) in [5, 5.41) is 3.90. The number of H-pyrrole nitrogens is 1. The Morgan fingerprint density at radius 3 is 2.69 bits per heavy atom. The molecule has 0 bridgehead atoms. The van der Waals surface area contributed by atoms with Crippen LogP contribution >= 0.6 is 11.8 Å². The number of hydrogen-bond acceptors (Lipinski definition) is 7. The molecule has 3 fully saturated rings. The van der Waals surface area contributed by atoms with E-state index in [1.54, 1.807) is 6.07 Å². The minimum atomic E-state index is -0.588. The van der Waals surface area contributed by atoms with E-state index in [2.05, 4.69) is 20.2 Å². The smallest absolute Gasteiger partial charge is 0.261 e. The molecule has 0 aliphatic carbocycles. The number of nitrogens with zero attached hydrogens (tertiary/aromatic N) is 2. The van der Waals surface area contributed by atoms with E-state index >= 15 is 0 Å². The maximum atomic E-state index is 14.6. The van der Waals surface area contributed by atoms with Crippen molar-refractivity contribution >= 4 is 22.7 Å². The van der Waals surface area contributed by atoms with Gasteiger partial charge in [0, 0.05) is 49.7 Å². The van der Waals surface area contributed by atoms with Gasteiger partial charge in [-0.25, -0.2) is 9.37 Å². The van der Waals surface area contributed by atoms with Gasteiger partial charge >= 0.3 is 0 Å². The maximum absolute atomic E-state index is 14.6. The number of piperidine rings is 1. The second-order valence-corrected chi connectivity index (χ2v) is 10.3. The lowest BCUT2D eigenvalue weighted by atomic mass is 10.0. The van der Waals surface area contributed by atoms with Crippen molar-refractivity contribution in [2.24, 2.45) is 5.92 Å². The van der Waals surface area contributed by atoms with Crippen LogP contribution in [0.15, 0.2) is 16.9 Å². The highest BCUT2D eigenvalue weighted by Gasteiger charge is 2.28. The topological polar surface area (TPSA) is 79.5 Å². The average molecular weight is 463 g/mol. The standard InChI is InChI=1S/C23H31FN4O3S/c24-19-9-17(31-13-15-3-7-30-8-4-15)10-20-22(19)23(29)27-21(26-20)14-32-18-1-5-28(6-2-18)16-11-25-12-16/h9-10,15-16,18,25H,1-8,11-14H2,(H,26,27,29). The number of halogens is 1. The van der Waals surface area contributed by atoms with E-state index in [1.165, 1.54) is 6.07 Å². The zero-order valence-corrected chi connectivity index (χ0v) is 19.1. The van der Waals surface area contributed by atoms with E-state index < -0.39 is 11.4 Å². The van der Waals surface area contributed by atoms with Crippen molar-refractivity contribution < 1.29 is 13.9 Å². The van der Waals surface area contributed by atoms with Gasteiger partial charge in [-0.2, -0.15) is 11.8 Å². The molecule has 2 aromatic rings. The molecule has 0 amide bonds. The highest BCUT2D eigenvalue weighted by Crippen LogP contribution is 2.28. The van der Waals surface area contributed by atoms with Crippen molar-refractivity contribution in [1.29, 1.82) is 0 Å². The van der Waals surface area contributed by atoms with Crippen LogP contribution in [0.3, 0.4) is 0 Å². The van der Waals surface area contributed by atoms with Gasteiger partial charge in [-0.3, -0.25) is 9.69 Å². The number of thioether (sulfide) groups is 1. The fourth-order valence-corrected chi connectivity index (χ4v) is 5.74. The van der Waals surface area contributed by atoms with Gasteiger partial charge in [0.1, 0.15) is 22.8 Å². The molecule has 5 rings (SSSR count). The molecule has 0 atom stereocenters. The summed E-state index contributed by atoms with van der Waals surface area (Å²) in [5.41, 5.74) is -0.0648. The largest absolute Gasteiger partial charge is 0.493 e. The maximum Gasteiger partial charge on any atom is 0.261 e. The second kappa shape index (κ2) is 10.1. The highest BCUT2D eigenvalue weighted by atomic mass is 32.2. The van der Waals surface area contributed by atoms with Crippen molar-refractivity contribution in [3.8, 4) is 5.75 Å². The minimum Gasteiger partial charge on any atom is -0.493 e. The van der Waals surface area contributed by atoms with Gasteiger partial charge in [0.15, 0.2) is 0 Å². The lowest BCUT2D eigenvalue weighted by Crippen LogP contribution is -2.58. The Kier molecular flexibility index (Phi) is 6.96. The molecule has 0 saturated carbocycles. The molecule has 1 aromatic heterocycles. The number of aromatic nitrogens is 2. The van der Waals surface area contributed by atoms with Crippen LogP contribution in [0.4, 0.5) is 4.39 Å². The number of benzene rings is 1. The third-order valence-electron chi connectivity index (χ3n) is 6.82. The summed E-state index contributed by atoms with van der Waals surface area (Å²) in [7, 11) is 0. The molecule has 174 valence electrons. The lowest BCUT2D eigenvalue weighted by Gasteiger charge is -2.42. The molecule has 0 radical (unpaired) electrons. The number of likely N-dealkylation sites (tertiary alicyclic amines) is 1. The molecule has 9 heteroatoms. The number of nitrogens with one attached hydrogen (secondary N) is 2. The van der Waals surface area contributed by atoms with Gasteiger partial charge in [-0.05, 0) is 44.7 Å². The van der Waals surface area contributed by atoms with Crippen LogP contribution in [0.2, 0.25) is 0 Å². The molecule has 3 aliphatic heterocycles. The third-order valence-corrected chi connectivity index (χ3v) is 8.20. The van der Waals surface area contributed by atoms with Crippen molar-refractivity contribution in [3.05, 3.63) is 34.1 Å². The molecule has 7 nitrogen and oxygen atoms in total. The molecular formula is C23H31FN4O3S. The fraction of sp³-hybridized carbons (Fsp3) is 0.652. The summed E-state index contributed by atoms with van der Waals surface area (Å²) in [6, 6.07) is 3.68. The first-order chi connectivity index (χ1) is 15.7. The quantitative estimate of drug-likeness (QED) is 0.655. The average Bonchev–Trinajstić information content (AvgIpc) is 2.76. The van der Waals surface area contributed by atoms with Gasteiger partial charge in [-0.1, -0.05) is 0 Å². The fourth-order valence-electron chi connectivity index (χ4n) is 4.66. The summed E-state index contributed by atoms with van der Waals surface area (Å²) in [6.45, 7) is 6.49. The van der Waals surface area contributed by atoms with E-state index in [0.717, 1.165) is 65.1 Å². The number of aromatic amines is 1. The van der Waals surface area contributed by atoms with Gasteiger partial charge in [0.2, 0.25) is 0 Å². The normalized spacial score (nSPS) is 21.7. The van der Waals surface area contributed by atoms with Crippen LogP contribution in [0.5, 0.6) is 5.75 Å². The summed E-state index contributed by atoms with van der Waals surface area (Å²) in [5.74, 6) is 1.47. The SMILES string of the molecule is O=c1[nH]c(CSC2CCN(C3CNC3)CC2)nc2cc(OCC3CCOCC3)cc(F)c12. The third kappa shape index (κ3) is 5.11. The molecule has 3 saturated heterocycles. The van der Waals surface area contributed by atoms with E-state index in [9.17, 15) is 9.18 Å². The number of rotatable bonds is 7. The number of hydrogen-bond donors (Lipinski definition) is 2. The van der Waals surface area contributed by atoms with Crippen molar-refractivity contribution in [2.75, 3.05) is 46.0 Å². The van der Waals surface area contributed by atoms with Crippen molar-refractivity contribution in [2.45, 2.75) is 42.7 Å². The summed E-state index contributed by atoms with van der Waals surface area (Å²) in [4.78, 5) is 22.5. The Balaban J connectivity index is 1.22. The van der Waals surface area contributed by atoms with Crippen LogP contribution in [-0.2, 0) is 10.5 Å². The molecule has 0 spiro atoms. The molecule has 2 N–H and O–H groups in total. The zero-order chi connectivity index (χ0) is 21.9. The van der Waals surface area contributed by atoms with E-state index in [1.807, 2.05) is 11.8 Å². The van der Waals surface area contributed by atoms with Crippen LogP contribution in [-0.4, -0.2) is 72.2 Å². The summed E-state index contributed by atoms with van der Waals surface area (Å²) >= 11 is 1.83. The van der Waals surface area contributed by atoms with Gasteiger partial charge < -0.3 is 19.8 Å². The Morgan fingerprint density at radius 1 is 1.19 bits per heavy atom. The Hall–Kier alpha value is -1.68. The van der Waals surface area contributed by atoms with Gasteiger partial charge in [-0.15, -0.1) is 0 Å². The molecule has 0 unspecified atom stereocenters. The molecule has 32 heavy (non-hydrogen) atoms. The predicted molar refractivity (Wildman–Crippen MR) is 124 cm³/mol. The molecule has 4 heterocycles. The van der Waals surface area contributed by atoms with Crippen LogP contribution < -0.4 is 15.6 Å². The lowest BCUT2D eigenvalue weighted by molar-refractivity contribution is 0.0497. The van der Waals surface area contributed by atoms with Gasteiger partial charge in [0.05, 0.1) is 17.9 Å². The Morgan fingerprint density at radius 2 is 1.97 bits per heavy atom. The zero-order valence-electron chi connectivity index (χ0n) is 18.3. The molecule has 1 aromatic carbocycles. The molecular weight excluding hydrogens is 431 g/mol. The van der Waals surface area contributed by atoms with Crippen LogP contribution in [0.25, 0.3) is 10.9 Å². The Labute approximate surface area is 191 Å². The van der Waals surface area contributed by atoms with Gasteiger partial charge in [0.25, 0.3) is 5.56 Å². The number of ether oxygens (including phenoxy) is 2. The summed E-state index contributed by atoms with van der Waals surface area (Å²) < 4.78 is 25.9. The summed E-state index contributed by atoms with van der Waals surface area (Å²) in [6.07, 6.45) is 4.20. The first kappa shape index (κ1) is 22.1. The highest BCUT2D eigenvalue weighted by molar-refractivity contribution is 7.99. The van der Waals surface area contributed by atoms with Crippen molar-refractivity contribution in [1.82, 2.24) is 20.2 Å². The monoisotopic (exact) mass is 462 g/mol. The van der Waals surface area contributed by atoms with Crippen molar-refractivity contribution in [3.63, 3.8) is 0 Å². The van der Waals surface area contributed by atoms with Crippen LogP contribution in [0.1, 0.15) is 31.5 Å². The first-order valence-electron chi connectivity index (χ1n) is 11.6. The van der Waals surface area contributed by atoms with E-state index in [4.69, 9.17) is 9.47 Å². The first-order valence-corrected chi connectivity index (χ1v) is 12.7. The minimum absolute atomic E-state index is 0.000387. The van der Waals surface area contributed by atoms with E-state index in [-0.39, 0.29) is 5.39 Å². The van der Waals surface area contributed by atoms with Crippen LogP contribution in [0, 0.1) is 11.7 Å². The predicted octanol–water partition coefficient (Wildman–Crippen LogP) is 2.54.